The van der Waals surface area contributed by atoms with Crippen LogP contribution in [0, 0.1) is 6.92 Å². The van der Waals surface area contributed by atoms with E-state index in [0.717, 1.165) is 17.0 Å². The van der Waals surface area contributed by atoms with E-state index in [4.69, 9.17) is 16.3 Å². The molecule has 1 aromatic heterocycles. The minimum absolute atomic E-state index is 0.248. The van der Waals surface area contributed by atoms with Crippen molar-refractivity contribution < 1.29 is 9.53 Å². The Hall–Kier alpha value is -3.12. The zero-order valence-electron chi connectivity index (χ0n) is 15.0. The molecule has 3 aromatic rings. The van der Waals surface area contributed by atoms with E-state index in [9.17, 15) is 4.79 Å². The molecule has 0 saturated heterocycles. The number of benzene rings is 2. The molecule has 0 spiro atoms. The van der Waals surface area contributed by atoms with Crippen molar-refractivity contribution in [1.82, 2.24) is 9.97 Å². The molecule has 0 unspecified atom stereocenters. The Bertz CT molecular complexity index is 945. The largest absolute Gasteiger partial charge is 0.494 e. The van der Waals surface area contributed by atoms with Crippen molar-refractivity contribution in [2.75, 3.05) is 17.2 Å². The molecule has 0 atom stereocenters. The molecule has 0 saturated carbocycles. The van der Waals surface area contributed by atoms with Gasteiger partial charge in [-0.15, -0.1) is 0 Å². The number of carbonyl (C=O) groups excluding carboxylic acids is 1. The molecule has 1 amide bonds. The number of carbonyl (C=O) groups is 1. The molecule has 27 heavy (non-hydrogen) atoms. The number of anilines is 3. The highest BCUT2D eigenvalue weighted by atomic mass is 35.5. The van der Waals surface area contributed by atoms with Crippen molar-refractivity contribution in [3.8, 4) is 5.75 Å². The number of ether oxygens (including phenoxy) is 1. The summed E-state index contributed by atoms with van der Waals surface area (Å²) in [6.45, 7) is 4.39. The first-order valence-electron chi connectivity index (χ1n) is 8.45. The average molecular weight is 383 g/mol. The van der Waals surface area contributed by atoms with Gasteiger partial charge in [0, 0.05) is 22.5 Å². The van der Waals surface area contributed by atoms with Crippen molar-refractivity contribution in [3.05, 3.63) is 71.1 Å². The standard InChI is InChI=1S/C20H19ClN4O2/c1-3-27-15-9-7-14(8-10-15)24-19-11-18(22-12-23-19)20(26)25-17-6-4-5-16(21)13(17)2/h4-12H,3H2,1-2H3,(H,25,26)(H,22,23,24). The Morgan fingerprint density at radius 1 is 1.15 bits per heavy atom. The van der Waals surface area contributed by atoms with E-state index in [-0.39, 0.29) is 11.6 Å². The summed E-state index contributed by atoms with van der Waals surface area (Å²) in [5, 5.41) is 6.56. The average Bonchev–Trinajstić information content (AvgIpc) is 2.67. The van der Waals surface area contributed by atoms with Gasteiger partial charge in [-0.25, -0.2) is 9.97 Å². The van der Waals surface area contributed by atoms with E-state index in [1.54, 1.807) is 24.3 Å². The monoisotopic (exact) mass is 382 g/mol. The van der Waals surface area contributed by atoms with Crippen LogP contribution in [-0.2, 0) is 0 Å². The van der Waals surface area contributed by atoms with E-state index in [1.807, 2.05) is 38.1 Å². The fourth-order valence-electron chi connectivity index (χ4n) is 2.43. The summed E-state index contributed by atoms with van der Waals surface area (Å²) >= 11 is 6.09. The second-order valence-electron chi connectivity index (χ2n) is 5.74. The molecule has 0 bridgehead atoms. The minimum atomic E-state index is -0.336. The van der Waals surface area contributed by atoms with Crippen molar-refractivity contribution in [2.45, 2.75) is 13.8 Å². The third kappa shape index (κ3) is 4.74. The van der Waals surface area contributed by atoms with Gasteiger partial charge in [-0.2, -0.15) is 0 Å². The van der Waals surface area contributed by atoms with Gasteiger partial charge in [0.05, 0.1) is 6.61 Å². The Morgan fingerprint density at radius 3 is 2.67 bits per heavy atom. The van der Waals surface area contributed by atoms with Crippen LogP contribution in [0.4, 0.5) is 17.2 Å². The number of nitrogens with one attached hydrogen (secondary N) is 2. The number of aromatic nitrogens is 2. The van der Waals surface area contributed by atoms with Crippen LogP contribution in [0.3, 0.4) is 0 Å². The van der Waals surface area contributed by atoms with Gasteiger partial charge < -0.3 is 15.4 Å². The van der Waals surface area contributed by atoms with Crippen molar-refractivity contribution in [3.63, 3.8) is 0 Å². The highest BCUT2D eigenvalue weighted by Crippen LogP contribution is 2.24. The number of amides is 1. The predicted molar refractivity (Wildman–Crippen MR) is 107 cm³/mol. The maximum Gasteiger partial charge on any atom is 0.274 e. The lowest BCUT2D eigenvalue weighted by Crippen LogP contribution is -2.15. The van der Waals surface area contributed by atoms with Crippen molar-refractivity contribution >= 4 is 34.7 Å². The Balaban J connectivity index is 1.72. The molecule has 0 fully saturated rings. The van der Waals surface area contributed by atoms with Crippen LogP contribution >= 0.6 is 11.6 Å². The van der Waals surface area contributed by atoms with Gasteiger partial charge in [0.1, 0.15) is 23.6 Å². The Labute approximate surface area is 162 Å². The van der Waals surface area contributed by atoms with Crippen LogP contribution in [0.1, 0.15) is 23.0 Å². The number of halogens is 1. The van der Waals surface area contributed by atoms with Gasteiger partial charge in [0.15, 0.2) is 0 Å². The molecule has 0 aliphatic rings. The lowest BCUT2D eigenvalue weighted by Gasteiger charge is -2.10. The summed E-state index contributed by atoms with van der Waals surface area (Å²) < 4.78 is 5.42. The summed E-state index contributed by atoms with van der Waals surface area (Å²) in [5.74, 6) is 0.974. The molecule has 7 heteroatoms. The van der Waals surface area contributed by atoms with Gasteiger partial charge in [-0.1, -0.05) is 17.7 Å². The number of hydrogen-bond acceptors (Lipinski definition) is 5. The highest BCUT2D eigenvalue weighted by Gasteiger charge is 2.11. The van der Waals surface area contributed by atoms with Crippen LogP contribution in [0.2, 0.25) is 5.02 Å². The molecular weight excluding hydrogens is 364 g/mol. The van der Waals surface area contributed by atoms with Crippen LogP contribution in [0.15, 0.2) is 54.9 Å². The molecule has 6 nitrogen and oxygen atoms in total. The van der Waals surface area contributed by atoms with Gasteiger partial charge in [0.2, 0.25) is 0 Å². The Kier molecular flexibility index (Phi) is 5.88. The van der Waals surface area contributed by atoms with Gasteiger partial charge in [-0.05, 0) is 55.8 Å². The summed E-state index contributed by atoms with van der Waals surface area (Å²) in [6, 6.07) is 14.4. The first-order valence-corrected chi connectivity index (χ1v) is 8.83. The smallest absolute Gasteiger partial charge is 0.274 e. The van der Waals surface area contributed by atoms with E-state index >= 15 is 0 Å². The molecule has 0 radical (unpaired) electrons. The van der Waals surface area contributed by atoms with Crippen molar-refractivity contribution in [1.29, 1.82) is 0 Å². The van der Waals surface area contributed by atoms with Crippen LogP contribution in [0.5, 0.6) is 5.75 Å². The molecular formula is C20H19ClN4O2. The number of rotatable bonds is 6. The van der Waals surface area contributed by atoms with E-state index in [1.165, 1.54) is 6.33 Å². The van der Waals surface area contributed by atoms with Crippen LogP contribution in [-0.4, -0.2) is 22.5 Å². The fraction of sp³-hybridized carbons (Fsp3) is 0.150. The fourth-order valence-corrected chi connectivity index (χ4v) is 2.60. The topological polar surface area (TPSA) is 76.1 Å². The molecule has 2 N–H and O–H groups in total. The first kappa shape index (κ1) is 18.7. The summed E-state index contributed by atoms with van der Waals surface area (Å²) in [4.78, 5) is 20.7. The number of nitrogens with zero attached hydrogens (tertiary/aromatic N) is 2. The quantitative estimate of drug-likeness (QED) is 0.638. The lowest BCUT2D eigenvalue weighted by atomic mass is 10.2. The molecule has 138 valence electrons. The third-order valence-electron chi connectivity index (χ3n) is 3.85. The Morgan fingerprint density at radius 2 is 1.93 bits per heavy atom. The molecule has 3 rings (SSSR count). The molecule has 0 aliphatic carbocycles. The van der Waals surface area contributed by atoms with E-state index in [0.29, 0.717) is 23.1 Å². The van der Waals surface area contributed by atoms with Gasteiger partial charge in [0.25, 0.3) is 5.91 Å². The zero-order valence-corrected chi connectivity index (χ0v) is 15.7. The van der Waals surface area contributed by atoms with Crippen LogP contribution in [0.25, 0.3) is 0 Å². The lowest BCUT2D eigenvalue weighted by molar-refractivity contribution is 0.102. The SMILES string of the molecule is CCOc1ccc(Nc2cc(C(=O)Nc3cccc(Cl)c3C)ncn2)cc1. The van der Waals surface area contributed by atoms with Gasteiger partial charge >= 0.3 is 0 Å². The van der Waals surface area contributed by atoms with E-state index < -0.39 is 0 Å². The second-order valence-corrected chi connectivity index (χ2v) is 6.14. The third-order valence-corrected chi connectivity index (χ3v) is 4.26. The summed E-state index contributed by atoms with van der Waals surface area (Å²) in [5.41, 5.74) is 2.52. The van der Waals surface area contributed by atoms with Gasteiger partial charge in [-0.3, -0.25) is 4.79 Å². The van der Waals surface area contributed by atoms with Crippen LogP contribution < -0.4 is 15.4 Å². The summed E-state index contributed by atoms with van der Waals surface area (Å²) in [6.07, 6.45) is 1.34. The van der Waals surface area contributed by atoms with Crippen molar-refractivity contribution in [2.24, 2.45) is 0 Å². The van der Waals surface area contributed by atoms with E-state index in [2.05, 4.69) is 20.6 Å². The predicted octanol–water partition coefficient (Wildman–Crippen LogP) is 4.83. The molecule has 2 aromatic carbocycles. The highest BCUT2D eigenvalue weighted by molar-refractivity contribution is 6.31. The minimum Gasteiger partial charge on any atom is -0.494 e. The normalized spacial score (nSPS) is 10.3. The first-order chi connectivity index (χ1) is 13.1. The maximum absolute atomic E-state index is 12.5. The molecule has 0 aliphatic heterocycles. The maximum atomic E-state index is 12.5. The summed E-state index contributed by atoms with van der Waals surface area (Å²) in [7, 11) is 0. The zero-order chi connectivity index (χ0) is 19.2. The molecule has 1 heterocycles. The number of hydrogen-bond donors (Lipinski definition) is 2. The second kappa shape index (κ2) is 8.51.